The molecule has 0 aromatic carbocycles. The van der Waals surface area contributed by atoms with Gasteiger partial charge in [0.05, 0.1) is 11.6 Å². The molecule has 1 amide bonds. The molecule has 0 saturated carbocycles. The Bertz CT molecular complexity index is 746. The van der Waals surface area contributed by atoms with Crippen LogP contribution in [-0.4, -0.2) is 38.2 Å². The van der Waals surface area contributed by atoms with Crippen molar-refractivity contribution >= 4 is 16.9 Å². The van der Waals surface area contributed by atoms with Gasteiger partial charge in [-0.05, 0) is 25.7 Å². The minimum atomic E-state index is -0.243. The number of aryl methyl sites for hydroxylation is 1. The van der Waals surface area contributed by atoms with Crippen LogP contribution in [0.1, 0.15) is 37.0 Å². The number of aromatic nitrogens is 3. The number of hydrogen-bond acceptors (Lipinski definition) is 3. The molecule has 1 saturated heterocycles. The highest BCUT2D eigenvalue weighted by Crippen LogP contribution is 2.24. The molecular weight excluding hydrogens is 268 g/mol. The van der Waals surface area contributed by atoms with Crippen LogP contribution >= 0.6 is 0 Å². The smallest absolute Gasteiger partial charge is 0.259 e. The fraction of sp³-hybridized carbons (Fsp3) is 0.533. The first-order valence-corrected chi connectivity index (χ1v) is 7.35. The Kier molecular flexibility index (Phi) is 3.31. The van der Waals surface area contributed by atoms with Crippen LogP contribution in [0.3, 0.4) is 0 Å². The van der Waals surface area contributed by atoms with Crippen LogP contribution in [0.25, 0.3) is 11.0 Å². The summed E-state index contributed by atoms with van der Waals surface area (Å²) in [7, 11) is 1.76. The second-order valence-corrected chi connectivity index (χ2v) is 5.92. The fourth-order valence-corrected chi connectivity index (χ4v) is 3.06. The maximum Gasteiger partial charge on any atom is 0.259 e. The predicted molar refractivity (Wildman–Crippen MR) is 80.2 cm³/mol. The second-order valence-electron chi connectivity index (χ2n) is 5.92. The predicted octanol–water partition coefficient (Wildman–Crippen LogP) is 1.52. The Morgan fingerprint density at radius 2 is 2.19 bits per heavy atom. The molecular formula is C15H20N4O2. The first-order valence-electron chi connectivity index (χ1n) is 7.35. The number of aromatic amines is 1. The quantitative estimate of drug-likeness (QED) is 0.865. The molecule has 0 bridgehead atoms. The van der Waals surface area contributed by atoms with Gasteiger partial charge in [0.15, 0.2) is 0 Å². The molecule has 0 radical (unpaired) electrons. The SMILES string of the molecule is C[C@H]1CCCN(C(=O)c2c[nH]c3c(cnn3C)c2=O)[C@H]1C. The van der Waals surface area contributed by atoms with Crippen LogP contribution in [-0.2, 0) is 7.05 Å². The van der Waals surface area contributed by atoms with E-state index in [4.69, 9.17) is 0 Å². The molecule has 0 spiro atoms. The third-order valence-electron chi connectivity index (χ3n) is 4.65. The highest BCUT2D eigenvalue weighted by Gasteiger charge is 2.30. The van der Waals surface area contributed by atoms with E-state index in [1.807, 2.05) is 4.90 Å². The van der Waals surface area contributed by atoms with Gasteiger partial charge in [0, 0.05) is 25.8 Å². The number of piperidine rings is 1. The van der Waals surface area contributed by atoms with Crippen molar-refractivity contribution in [3.63, 3.8) is 0 Å². The van der Waals surface area contributed by atoms with Crippen LogP contribution < -0.4 is 5.43 Å². The zero-order valence-corrected chi connectivity index (χ0v) is 12.6. The molecule has 0 unspecified atom stereocenters. The number of nitrogens with zero attached hydrogens (tertiary/aromatic N) is 3. The molecule has 21 heavy (non-hydrogen) atoms. The molecule has 112 valence electrons. The molecule has 0 aliphatic carbocycles. The van der Waals surface area contributed by atoms with Gasteiger partial charge in [-0.3, -0.25) is 14.3 Å². The lowest BCUT2D eigenvalue weighted by molar-refractivity contribution is 0.0549. The van der Waals surface area contributed by atoms with E-state index in [-0.39, 0.29) is 22.9 Å². The summed E-state index contributed by atoms with van der Waals surface area (Å²) in [5, 5.41) is 4.52. The van der Waals surface area contributed by atoms with Crippen molar-refractivity contribution in [2.75, 3.05) is 6.54 Å². The monoisotopic (exact) mass is 288 g/mol. The number of likely N-dealkylation sites (tertiary alicyclic amines) is 1. The standard InChI is InChI=1S/C15H20N4O2/c1-9-5-4-6-19(10(9)2)15(21)12-7-16-14-11(13(12)20)8-17-18(14)3/h7-10H,4-6H2,1-3H3,(H,16,20)/t9-,10-/m0/s1. The van der Waals surface area contributed by atoms with Crippen LogP contribution in [0.5, 0.6) is 0 Å². The van der Waals surface area contributed by atoms with Crippen molar-refractivity contribution in [1.82, 2.24) is 19.7 Å². The number of pyridine rings is 1. The molecule has 2 aromatic rings. The molecule has 1 aliphatic heterocycles. The van der Waals surface area contributed by atoms with Gasteiger partial charge < -0.3 is 9.88 Å². The lowest BCUT2D eigenvalue weighted by atomic mass is 9.91. The van der Waals surface area contributed by atoms with Gasteiger partial charge in [-0.15, -0.1) is 0 Å². The number of amides is 1. The molecule has 6 nitrogen and oxygen atoms in total. The zero-order valence-electron chi connectivity index (χ0n) is 12.6. The van der Waals surface area contributed by atoms with Crippen LogP contribution in [0, 0.1) is 5.92 Å². The number of hydrogen-bond donors (Lipinski definition) is 1. The van der Waals surface area contributed by atoms with Crippen molar-refractivity contribution in [2.24, 2.45) is 13.0 Å². The molecule has 6 heteroatoms. The maximum atomic E-state index is 12.7. The van der Waals surface area contributed by atoms with Gasteiger partial charge in [0.1, 0.15) is 11.2 Å². The summed E-state index contributed by atoms with van der Waals surface area (Å²) < 4.78 is 1.59. The number of nitrogens with one attached hydrogen (secondary N) is 1. The largest absolute Gasteiger partial charge is 0.345 e. The summed E-state index contributed by atoms with van der Waals surface area (Å²) in [6.07, 6.45) is 5.14. The average molecular weight is 288 g/mol. The van der Waals surface area contributed by atoms with Crippen molar-refractivity contribution < 1.29 is 4.79 Å². The lowest BCUT2D eigenvalue weighted by Gasteiger charge is -2.37. The van der Waals surface area contributed by atoms with Gasteiger partial charge in [-0.2, -0.15) is 5.10 Å². The molecule has 3 rings (SSSR count). The highest BCUT2D eigenvalue weighted by atomic mass is 16.2. The number of carbonyl (C=O) groups excluding carboxylic acids is 1. The normalized spacial score (nSPS) is 22.7. The molecule has 2 aromatic heterocycles. The van der Waals surface area contributed by atoms with E-state index in [0.29, 0.717) is 17.0 Å². The Morgan fingerprint density at radius 3 is 2.95 bits per heavy atom. The fourth-order valence-electron chi connectivity index (χ4n) is 3.06. The molecule has 1 aliphatic rings. The summed E-state index contributed by atoms with van der Waals surface area (Å²) in [5.41, 5.74) is 0.598. The van der Waals surface area contributed by atoms with Crippen molar-refractivity contribution in [3.05, 3.63) is 28.2 Å². The molecule has 2 atom stereocenters. The third kappa shape index (κ3) is 2.14. The average Bonchev–Trinajstić information content (AvgIpc) is 2.84. The van der Waals surface area contributed by atoms with Crippen molar-refractivity contribution in [3.8, 4) is 0 Å². The Balaban J connectivity index is 2.02. The number of carbonyl (C=O) groups is 1. The first-order chi connectivity index (χ1) is 10.0. The summed E-state index contributed by atoms with van der Waals surface area (Å²) in [4.78, 5) is 30.0. The Morgan fingerprint density at radius 1 is 1.43 bits per heavy atom. The third-order valence-corrected chi connectivity index (χ3v) is 4.65. The second kappa shape index (κ2) is 5.02. The van der Waals surface area contributed by atoms with E-state index in [0.717, 1.165) is 19.4 Å². The van der Waals surface area contributed by atoms with Gasteiger partial charge in [-0.1, -0.05) is 6.92 Å². The lowest BCUT2D eigenvalue weighted by Crippen LogP contribution is -2.47. The minimum absolute atomic E-state index is 0.162. The van der Waals surface area contributed by atoms with Crippen LogP contribution in [0.15, 0.2) is 17.2 Å². The maximum absolute atomic E-state index is 12.7. The van der Waals surface area contributed by atoms with E-state index < -0.39 is 0 Å². The molecule has 3 heterocycles. The zero-order chi connectivity index (χ0) is 15.1. The molecule has 1 N–H and O–H groups in total. The van der Waals surface area contributed by atoms with E-state index in [1.165, 1.54) is 12.4 Å². The van der Waals surface area contributed by atoms with Crippen molar-refractivity contribution in [1.29, 1.82) is 0 Å². The summed E-state index contributed by atoms with van der Waals surface area (Å²) >= 11 is 0. The van der Waals surface area contributed by atoms with Gasteiger partial charge >= 0.3 is 0 Å². The summed E-state index contributed by atoms with van der Waals surface area (Å²) in [6, 6.07) is 0.162. The number of fused-ring (bicyclic) bond motifs is 1. The highest BCUT2D eigenvalue weighted by molar-refractivity contribution is 5.96. The Hall–Kier alpha value is -2.11. The van der Waals surface area contributed by atoms with E-state index >= 15 is 0 Å². The minimum Gasteiger partial charge on any atom is -0.345 e. The van der Waals surface area contributed by atoms with E-state index in [9.17, 15) is 9.59 Å². The topological polar surface area (TPSA) is 71.0 Å². The Labute approximate surface area is 122 Å². The van der Waals surface area contributed by atoms with Crippen LogP contribution in [0.4, 0.5) is 0 Å². The van der Waals surface area contributed by atoms with Gasteiger partial charge in [0.2, 0.25) is 5.43 Å². The first kappa shape index (κ1) is 13.9. The summed E-state index contributed by atoms with van der Waals surface area (Å²) in [5.74, 6) is 0.282. The van der Waals surface area contributed by atoms with Gasteiger partial charge in [0.25, 0.3) is 5.91 Å². The number of H-pyrrole nitrogens is 1. The summed E-state index contributed by atoms with van der Waals surface area (Å²) in [6.45, 7) is 4.92. The van der Waals surface area contributed by atoms with Crippen LogP contribution in [0.2, 0.25) is 0 Å². The van der Waals surface area contributed by atoms with E-state index in [1.54, 1.807) is 11.7 Å². The van der Waals surface area contributed by atoms with Gasteiger partial charge in [-0.25, -0.2) is 0 Å². The van der Waals surface area contributed by atoms with Crippen molar-refractivity contribution in [2.45, 2.75) is 32.7 Å². The van der Waals surface area contributed by atoms with E-state index in [2.05, 4.69) is 23.9 Å². The number of rotatable bonds is 1. The molecule has 1 fully saturated rings.